The number of likely N-dealkylation sites (tertiary alicyclic amines) is 1. The standard InChI is InChI=1S/C11H22F2N2/c1-3-15-6-4-5-10(8-15)9(2)14-7-11(12)13/h9-11,14H,3-8H2,1-2H3. The Balaban J connectivity index is 2.28. The van der Waals surface area contributed by atoms with Crippen LogP contribution >= 0.6 is 0 Å². The maximum absolute atomic E-state index is 12.0. The van der Waals surface area contributed by atoms with Crippen LogP contribution in [-0.2, 0) is 0 Å². The topological polar surface area (TPSA) is 15.3 Å². The van der Waals surface area contributed by atoms with E-state index in [4.69, 9.17) is 0 Å². The highest BCUT2D eigenvalue weighted by Crippen LogP contribution is 2.19. The molecule has 0 saturated carbocycles. The fraction of sp³-hybridized carbons (Fsp3) is 1.00. The third-order valence-electron chi connectivity index (χ3n) is 3.29. The van der Waals surface area contributed by atoms with Crippen LogP contribution in [0.1, 0.15) is 26.7 Å². The van der Waals surface area contributed by atoms with E-state index in [1.165, 1.54) is 6.42 Å². The quantitative estimate of drug-likeness (QED) is 0.762. The molecule has 1 fully saturated rings. The number of piperidine rings is 1. The van der Waals surface area contributed by atoms with Crippen molar-refractivity contribution in [2.75, 3.05) is 26.2 Å². The summed E-state index contributed by atoms with van der Waals surface area (Å²) in [7, 11) is 0. The SMILES string of the molecule is CCN1CCCC(C(C)NCC(F)F)C1. The maximum atomic E-state index is 12.0. The fourth-order valence-electron chi connectivity index (χ4n) is 2.23. The molecule has 1 aliphatic heterocycles. The van der Waals surface area contributed by atoms with E-state index in [2.05, 4.69) is 17.1 Å². The zero-order valence-electron chi connectivity index (χ0n) is 9.68. The van der Waals surface area contributed by atoms with Crippen LogP contribution in [0.3, 0.4) is 0 Å². The highest BCUT2D eigenvalue weighted by atomic mass is 19.3. The average molecular weight is 220 g/mol. The molecule has 0 bridgehead atoms. The molecule has 1 N–H and O–H groups in total. The van der Waals surface area contributed by atoms with Crippen LogP contribution in [0.4, 0.5) is 8.78 Å². The molecule has 4 heteroatoms. The summed E-state index contributed by atoms with van der Waals surface area (Å²) in [6, 6.07) is 0.202. The summed E-state index contributed by atoms with van der Waals surface area (Å²) in [6.07, 6.45) is 0.117. The Morgan fingerprint density at radius 3 is 2.80 bits per heavy atom. The Bertz CT molecular complexity index is 176. The third-order valence-corrected chi connectivity index (χ3v) is 3.29. The van der Waals surface area contributed by atoms with Crippen LogP contribution in [0.5, 0.6) is 0 Å². The Labute approximate surface area is 91.0 Å². The van der Waals surface area contributed by atoms with Gasteiger partial charge < -0.3 is 10.2 Å². The third kappa shape index (κ3) is 4.43. The Kier molecular flexibility index (Phi) is 5.47. The molecule has 1 heterocycles. The first-order chi connectivity index (χ1) is 7.13. The van der Waals surface area contributed by atoms with Crippen molar-refractivity contribution in [2.45, 2.75) is 39.2 Å². The maximum Gasteiger partial charge on any atom is 0.250 e. The summed E-state index contributed by atoms with van der Waals surface area (Å²) in [4.78, 5) is 2.40. The average Bonchev–Trinajstić information content (AvgIpc) is 2.26. The molecule has 2 atom stereocenters. The second-order valence-electron chi connectivity index (χ2n) is 4.38. The van der Waals surface area contributed by atoms with Gasteiger partial charge in [0.15, 0.2) is 0 Å². The first-order valence-electron chi connectivity index (χ1n) is 5.87. The number of hydrogen-bond acceptors (Lipinski definition) is 2. The second kappa shape index (κ2) is 6.38. The molecule has 2 nitrogen and oxygen atoms in total. The molecule has 90 valence electrons. The molecule has 0 aliphatic carbocycles. The van der Waals surface area contributed by atoms with E-state index in [1.807, 2.05) is 6.92 Å². The van der Waals surface area contributed by atoms with Gasteiger partial charge in [-0.1, -0.05) is 6.92 Å². The van der Waals surface area contributed by atoms with Gasteiger partial charge in [0, 0.05) is 12.6 Å². The summed E-state index contributed by atoms with van der Waals surface area (Å²) in [5.74, 6) is 0.525. The Hall–Kier alpha value is -0.220. The predicted octanol–water partition coefficient (Wildman–Crippen LogP) is 1.96. The number of hydrogen-bond donors (Lipinski definition) is 1. The van der Waals surface area contributed by atoms with Crippen molar-refractivity contribution in [3.63, 3.8) is 0 Å². The van der Waals surface area contributed by atoms with Crippen molar-refractivity contribution in [2.24, 2.45) is 5.92 Å². The zero-order chi connectivity index (χ0) is 11.3. The van der Waals surface area contributed by atoms with Crippen LogP contribution in [-0.4, -0.2) is 43.5 Å². The van der Waals surface area contributed by atoms with Gasteiger partial charge in [-0.2, -0.15) is 0 Å². The van der Waals surface area contributed by atoms with Crippen LogP contribution in [0, 0.1) is 5.92 Å². The van der Waals surface area contributed by atoms with Gasteiger partial charge in [-0.05, 0) is 38.8 Å². The molecule has 0 radical (unpaired) electrons. The molecule has 0 spiro atoms. The second-order valence-corrected chi connectivity index (χ2v) is 4.38. The van der Waals surface area contributed by atoms with E-state index in [1.54, 1.807) is 0 Å². The number of rotatable bonds is 5. The Morgan fingerprint density at radius 2 is 2.20 bits per heavy atom. The molecule has 1 aliphatic rings. The van der Waals surface area contributed by atoms with Gasteiger partial charge in [-0.15, -0.1) is 0 Å². The number of alkyl halides is 2. The van der Waals surface area contributed by atoms with Crippen molar-refractivity contribution in [1.29, 1.82) is 0 Å². The monoisotopic (exact) mass is 220 g/mol. The molecule has 1 saturated heterocycles. The number of nitrogens with zero attached hydrogens (tertiary/aromatic N) is 1. The van der Waals surface area contributed by atoms with Gasteiger partial charge in [-0.3, -0.25) is 0 Å². The van der Waals surface area contributed by atoms with Crippen LogP contribution in [0.15, 0.2) is 0 Å². The molecule has 0 aromatic carbocycles. The summed E-state index contributed by atoms with van der Waals surface area (Å²) >= 11 is 0. The van der Waals surface area contributed by atoms with Crippen molar-refractivity contribution in [3.05, 3.63) is 0 Å². The smallest absolute Gasteiger partial charge is 0.250 e. The molecule has 0 aromatic heterocycles. The summed E-state index contributed by atoms with van der Waals surface area (Å²) < 4.78 is 24.1. The van der Waals surface area contributed by atoms with Gasteiger partial charge in [-0.25, -0.2) is 8.78 Å². The van der Waals surface area contributed by atoms with Gasteiger partial charge in [0.25, 0.3) is 6.43 Å². The number of nitrogens with one attached hydrogen (secondary N) is 1. The first-order valence-corrected chi connectivity index (χ1v) is 5.87. The number of halogens is 2. The van der Waals surface area contributed by atoms with Gasteiger partial charge in [0.1, 0.15) is 0 Å². The lowest BCUT2D eigenvalue weighted by atomic mass is 9.91. The lowest BCUT2D eigenvalue weighted by Gasteiger charge is -2.35. The van der Waals surface area contributed by atoms with Crippen molar-refractivity contribution >= 4 is 0 Å². The lowest BCUT2D eigenvalue weighted by Crippen LogP contribution is -2.45. The van der Waals surface area contributed by atoms with Crippen molar-refractivity contribution < 1.29 is 8.78 Å². The van der Waals surface area contributed by atoms with Gasteiger partial charge in [0.2, 0.25) is 0 Å². The highest BCUT2D eigenvalue weighted by molar-refractivity contribution is 4.80. The van der Waals surface area contributed by atoms with Crippen molar-refractivity contribution in [3.8, 4) is 0 Å². The van der Waals surface area contributed by atoms with Gasteiger partial charge in [0.05, 0.1) is 6.54 Å². The van der Waals surface area contributed by atoms with E-state index in [9.17, 15) is 8.78 Å². The van der Waals surface area contributed by atoms with E-state index >= 15 is 0 Å². The summed E-state index contributed by atoms with van der Waals surface area (Å²) in [6.45, 7) is 7.27. The van der Waals surface area contributed by atoms with E-state index in [0.29, 0.717) is 5.92 Å². The fourth-order valence-corrected chi connectivity index (χ4v) is 2.23. The highest BCUT2D eigenvalue weighted by Gasteiger charge is 2.23. The van der Waals surface area contributed by atoms with Crippen LogP contribution in [0.2, 0.25) is 0 Å². The van der Waals surface area contributed by atoms with E-state index < -0.39 is 6.43 Å². The summed E-state index contributed by atoms with van der Waals surface area (Å²) in [5, 5.41) is 2.92. The van der Waals surface area contributed by atoms with Gasteiger partial charge >= 0.3 is 0 Å². The molecular formula is C11H22F2N2. The molecule has 15 heavy (non-hydrogen) atoms. The zero-order valence-corrected chi connectivity index (χ0v) is 9.68. The van der Waals surface area contributed by atoms with E-state index in [0.717, 1.165) is 26.1 Å². The minimum atomic E-state index is -2.24. The van der Waals surface area contributed by atoms with Crippen molar-refractivity contribution in [1.82, 2.24) is 10.2 Å². The summed E-state index contributed by atoms with van der Waals surface area (Å²) in [5.41, 5.74) is 0. The molecule has 2 unspecified atom stereocenters. The molecule has 0 amide bonds. The van der Waals surface area contributed by atoms with Crippen LogP contribution in [0.25, 0.3) is 0 Å². The molecular weight excluding hydrogens is 198 g/mol. The predicted molar refractivity (Wildman–Crippen MR) is 58.3 cm³/mol. The first kappa shape index (κ1) is 12.8. The minimum Gasteiger partial charge on any atom is -0.309 e. The largest absolute Gasteiger partial charge is 0.309 e. The molecule has 0 aromatic rings. The minimum absolute atomic E-state index is 0.177. The normalized spacial score (nSPS) is 25.8. The Morgan fingerprint density at radius 1 is 1.47 bits per heavy atom. The lowest BCUT2D eigenvalue weighted by molar-refractivity contribution is 0.121. The van der Waals surface area contributed by atoms with Crippen LogP contribution < -0.4 is 5.32 Å². The van der Waals surface area contributed by atoms with E-state index in [-0.39, 0.29) is 12.6 Å². The molecule has 1 rings (SSSR count).